The topological polar surface area (TPSA) is 138 Å². The van der Waals surface area contributed by atoms with Gasteiger partial charge in [0.1, 0.15) is 18.0 Å². The minimum Gasteiger partial charge on any atom is -0.394 e. The van der Waals surface area contributed by atoms with E-state index in [9.17, 15) is 19.7 Å². The molecular weight excluding hydrogens is 487 g/mol. The minimum atomic E-state index is -4.15. The highest BCUT2D eigenvalue weighted by Gasteiger charge is 2.45. The van der Waals surface area contributed by atoms with Crippen LogP contribution in [0.2, 0.25) is 0 Å². The van der Waals surface area contributed by atoms with Crippen molar-refractivity contribution in [1.82, 2.24) is 25.0 Å². The zero-order valence-corrected chi connectivity index (χ0v) is 19.9. The fourth-order valence-electron chi connectivity index (χ4n) is 3.34. The number of aryl methyl sites for hydroxylation is 1. The maximum atomic E-state index is 14.5. The molecule has 0 aliphatic heterocycles. The maximum absolute atomic E-state index is 14.5. The molecule has 0 unspecified atom stereocenters. The number of hydrogen-bond acceptors (Lipinski definition) is 10. The number of ether oxygens (including phenoxy) is 1. The molecule has 10 nitrogen and oxygen atoms in total. The van der Waals surface area contributed by atoms with E-state index >= 15 is 0 Å². The molecule has 2 aliphatic rings. The summed E-state index contributed by atoms with van der Waals surface area (Å²) in [5, 5.41) is 41.4. The smallest absolute Gasteiger partial charge is 0.191 e. The van der Waals surface area contributed by atoms with Crippen molar-refractivity contribution >= 4 is 28.7 Å². The number of anilines is 1. The van der Waals surface area contributed by atoms with Gasteiger partial charge in [0.05, 0.1) is 34.9 Å². The molecule has 6 atom stereocenters. The van der Waals surface area contributed by atoms with Crippen LogP contribution >= 0.6 is 11.8 Å². The molecule has 36 heavy (non-hydrogen) atoms. The lowest BCUT2D eigenvalue weighted by Crippen LogP contribution is -2.33. The molecule has 4 N–H and O–H groups in total. The summed E-state index contributed by atoms with van der Waals surface area (Å²) in [5.74, 6) is -3.27. The second kappa shape index (κ2) is 10.5. The van der Waals surface area contributed by atoms with E-state index in [1.54, 1.807) is 0 Å². The standard InChI is InChI=1S/C24H31FN6O4S/c1-3-8-36-24-27-22(26-16-10-14(16)13-5-4-12(2)15(25)9-13)19-23(28-24)31(30-29-19)17-11-18(35-7-6-32)21(34)20(17)33/h4-5,9,14,16-18,20-21,32-34H,3,6-8,10-11H2,1-2H3,(H,26,27,28)/t14-,16+,17+,18-,20-,21+/m0/s1/i7D2,10D2,11D2,14D,16D,17D,18D,20D,21D. The van der Waals surface area contributed by atoms with Crippen molar-refractivity contribution in [3.8, 4) is 0 Å². The molecule has 194 valence electrons. The second-order valence-electron chi connectivity index (χ2n) is 7.75. The van der Waals surface area contributed by atoms with E-state index in [1.807, 2.05) is 6.92 Å². The molecular formula is C24H31FN6O4S. The number of fused-ring (bicyclic) bond motifs is 1. The first-order chi connectivity index (χ1) is 21.8. The van der Waals surface area contributed by atoms with Crippen molar-refractivity contribution in [1.29, 1.82) is 0 Å². The molecule has 2 aromatic heterocycles. The molecule has 3 aromatic rings. The molecule has 2 aliphatic carbocycles. The van der Waals surface area contributed by atoms with Crippen molar-refractivity contribution in [3.05, 3.63) is 35.1 Å². The number of nitrogens with zero attached hydrogens (tertiary/aromatic N) is 5. The Morgan fingerprint density at radius 1 is 1.33 bits per heavy atom. The first kappa shape index (κ1) is 14.5. The molecule has 0 spiro atoms. The van der Waals surface area contributed by atoms with Gasteiger partial charge in [0.15, 0.2) is 22.1 Å². The fourth-order valence-corrected chi connectivity index (χ4v) is 4.03. The Kier molecular flexibility index (Phi) is 4.25. The van der Waals surface area contributed by atoms with Gasteiger partial charge in [-0.25, -0.2) is 19.0 Å². The number of halogens is 1. The summed E-state index contributed by atoms with van der Waals surface area (Å²) < 4.78 is 122. The third-order valence-electron chi connectivity index (χ3n) is 5.20. The summed E-state index contributed by atoms with van der Waals surface area (Å²) in [6.45, 7) is -1.55. The van der Waals surface area contributed by atoms with Gasteiger partial charge < -0.3 is 25.4 Å². The summed E-state index contributed by atoms with van der Waals surface area (Å²) in [6.07, 6.45) is -18.3. The van der Waals surface area contributed by atoms with Crippen LogP contribution in [-0.2, 0) is 4.74 Å². The molecule has 1 aromatic carbocycles. The number of nitrogens with one attached hydrogen (secondary N) is 1. The number of rotatable bonds is 10. The predicted molar refractivity (Wildman–Crippen MR) is 133 cm³/mol. The molecule has 2 fully saturated rings. The van der Waals surface area contributed by atoms with Crippen molar-refractivity contribution in [2.75, 3.05) is 24.2 Å². The first-order valence-electron chi connectivity index (χ1n) is 16.9. The Bertz CT molecular complexity index is 1790. The summed E-state index contributed by atoms with van der Waals surface area (Å²) in [5.41, 5.74) is -1.16. The Balaban J connectivity index is 1.71. The summed E-state index contributed by atoms with van der Waals surface area (Å²) in [4.78, 5) is 8.46. The van der Waals surface area contributed by atoms with Crippen molar-refractivity contribution in [2.24, 2.45) is 0 Å². The average Bonchev–Trinajstić information content (AvgIpc) is 3.27. The van der Waals surface area contributed by atoms with Crippen LogP contribution in [0.5, 0.6) is 0 Å². The predicted octanol–water partition coefficient (Wildman–Crippen LogP) is 2.18. The first-order valence-corrected chi connectivity index (χ1v) is 11.9. The van der Waals surface area contributed by atoms with Crippen LogP contribution in [0.25, 0.3) is 11.2 Å². The lowest BCUT2D eigenvalue weighted by atomic mass is 10.1. The molecule has 2 heterocycles. The molecule has 5 rings (SSSR count). The number of hydrogen-bond donors (Lipinski definition) is 4. The zero-order valence-electron chi connectivity index (χ0n) is 31.1. The molecule has 0 amide bonds. The van der Waals surface area contributed by atoms with Crippen LogP contribution in [-0.4, -0.2) is 83.5 Å². The monoisotopic (exact) mass is 530 g/mol. The van der Waals surface area contributed by atoms with Gasteiger partial charge in [-0.15, -0.1) is 5.10 Å². The highest BCUT2D eigenvalue weighted by Crippen LogP contribution is 2.44. The Hall–Kier alpha value is -2.38. The van der Waals surface area contributed by atoms with Gasteiger partial charge in [-0.05, 0) is 36.9 Å². The van der Waals surface area contributed by atoms with Crippen LogP contribution in [0.4, 0.5) is 10.2 Å². The van der Waals surface area contributed by atoms with E-state index in [2.05, 4.69) is 25.6 Å². The van der Waals surface area contributed by atoms with E-state index in [0.29, 0.717) is 12.2 Å². The van der Waals surface area contributed by atoms with Crippen molar-refractivity contribution in [2.45, 2.75) is 74.3 Å². The van der Waals surface area contributed by atoms with Crippen LogP contribution < -0.4 is 5.32 Å². The summed E-state index contributed by atoms with van der Waals surface area (Å²) in [7, 11) is 0. The van der Waals surface area contributed by atoms with Gasteiger partial charge in [-0.3, -0.25) is 0 Å². The van der Waals surface area contributed by atoms with Crippen molar-refractivity contribution < 1.29 is 40.9 Å². The van der Waals surface area contributed by atoms with Gasteiger partial charge in [-0.2, -0.15) is 0 Å². The number of thioether (sulfide) groups is 1. The lowest BCUT2D eigenvalue weighted by molar-refractivity contribution is -0.0629. The number of aromatic nitrogens is 5. The molecule has 0 saturated heterocycles. The van der Waals surface area contributed by atoms with Gasteiger partial charge in [0.25, 0.3) is 0 Å². The zero-order chi connectivity index (χ0) is 36.3. The quantitative estimate of drug-likeness (QED) is 0.228. The Morgan fingerprint density at radius 3 is 2.92 bits per heavy atom. The highest BCUT2D eigenvalue weighted by molar-refractivity contribution is 7.99. The van der Waals surface area contributed by atoms with Gasteiger partial charge in [0.2, 0.25) is 0 Å². The number of aliphatic hydroxyl groups excluding tert-OH is 1. The summed E-state index contributed by atoms with van der Waals surface area (Å²) in [6, 6.07) is -2.80. The SMILES string of the molecule is [2H]C([2H])(CO)O[C@@]1([2H])C([2H])([2H])[C@@]([2H])(n2nnc3c(N[C@]4([2H])C([2H])([2H])[C@@]4([2H])c4ccc(C)c(F)c4)nc(SCCC)nc32)[C@]([2H])(O)[C@]1([2H])O. The summed E-state index contributed by atoms with van der Waals surface area (Å²) >= 11 is 0.987. The average molecular weight is 531 g/mol. The van der Waals surface area contributed by atoms with Crippen LogP contribution in [0.1, 0.15) is 65.6 Å². The Morgan fingerprint density at radius 2 is 2.17 bits per heavy atom. The normalized spacial score (nSPS) is 47.9. The number of benzene rings is 1. The molecule has 0 radical (unpaired) electrons. The van der Waals surface area contributed by atoms with Gasteiger partial charge in [0, 0.05) is 30.9 Å². The van der Waals surface area contributed by atoms with Gasteiger partial charge >= 0.3 is 0 Å². The Labute approximate surface area is 229 Å². The van der Waals surface area contributed by atoms with E-state index in [4.69, 9.17) is 21.2 Å². The molecule has 12 heteroatoms. The largest absolute Gasteiger partial charge is 0.394 e. The van der Waals surface area contributed by atoms with Crippen LogP contribution in [0.15, 0.2) is 23.4 Å². The third-order valence-corrected chi connectivity index (χ3v) is 6.26. The fraction of sp³-hybridized carbons (Fsp3) is 0.583. The van der Waals surface area contributed by atoms with Crippen LogP contribution in [0.3, 0.4) is 0 Å². The highest BCUT2D eigenvalue weighted by atomic mass is 32.2. The number of aliphatic hydroxyl groups is 3. The maximum Gasteiger partial charge on any atom is 0.191 e. The second-order valence-corrected chi connectivity index (χ2v) is 8.81. The lowest BCUT2D eigenvalue weighted by Gasteiger charge is -2.17. The van der Waals surface area contributed by atoms with Gasteiger partial charge in [-0.1, -0.05) is 36.0 Å². The molecule has 2 saturated carbocycles. The van der Waals surface area contributed by atoms with Crippen LogP contribution in [0, 0.1) is 12.7 Å². The van der Waals surface area contributed by atoms with Crippen molar-refractivity contribution in [3.63, 3.8) is 0 Å². The minimum absolute atomic E-state index is 0.160. The van der Waals surface area contributed by atoms with E-state index in [-0.39, 0.29) is 21.0 Å². The third kappa shape index (κ3) is 4.92. The van der Waals surface area contributed by atoms with E-state index in [1.165, 1.54) is 19.1 Å². The van der Waals surface area contributed by atoms with E-state index < -0.39 is 84.9 Å². The van der Waals surface area contributed by atoms with E-state index in [0.717, 1.165) is 17.8 Å². The molecule has 0 bridgehead atoms.